The zero-order valence-corrected chi connectivity index (χ0v) is 12.6. The molecule has 0 saturated carbocycles. The molecule has 106 valence electrons. The molecule has 5 heteroatoms. The molecule has 0 aliphatic carbocycles. The van der Waals surface area contributed by atoms with Gasteiger partial charge in [-0.05, 0) is 55.8 Å². The fourth-order valence-corrected chi connectivity index (χ4v) is 2.95. The van der Waals surface area contributed by atoms with Gasteiger partial charge in [-0.2, -0.15) is 0 Å². The number of carboxylic acids is 1. The number of thioether (sulfide) groups is 1. The Balaban J connectivity index is 0.000000399. The number of carbonyl (C=O) groups is 1. The molecule has 1 saturated heterocycles. The van der Waals surface area contributed by atoms with Crippen molar-refractivity contribution in [2.45, 2.75) is 37.1 Å². The predicted octanol–water partition coefficient (Wildman–Crippen LogP) is 3.67. The number of rotatable bonds is 4. The lowest BCUT2D eigenvalue weighted by molar-refractivity contribution is -0.134. The first-order valence-electron chi connectivity index (χ1n) is 6.39. The van der Waals surface area contributed by atoms with Gasteiger partial charge in [0.2, 0.25) is 0 Å². The maximum absolute atomic E-state index is 9.00. The maximum Gasteiger partial charge on any atom is 0.300 e. The molecule has 1 aliphatic rings. The van der Waals surface area contributed by atoms with Crippen molar-refractivity contribution in [2.75, 3.05) is 12.3 Å². The fraction of sp³-hybridized carbons (Fsp3) is 0.500. The summed E-state index contributed by atoms with van der Waals surface area (Å²) in [5.74, 6) is 0.360. The molecule has 1 aliphatic heterocycles. The number of hydrogen-bond acceptors (Lipinski definition) is 3. The second-order valence-electron chi connectivity index (χ2n) is 4.40. The standard InChI is InChI=1S/C12H16ClNS.C2H4O2/c13-10-3-5-12(6-4-10)15-9-7-11-2-1-8-14-11;1-2(3)4/h3-6,11,14H,1-2,7-9H2;1H3,(H,3,4). The van der Waals surface area contributed by atoms with E-state index < -0.39 is 5.97 Å². The Bertz CT molecular complexity index is 374. The molecule has 3 nitrogen and oxygen atoms in total. The van der Waals surface area contributed by atoms with Crippen LogP contribution < -0.4 is 5.32 Å². The fourth-order valence-electron chi connectivity index (χ4n) is 1.85. The molecule has 2 rings (SSSR count). The van der Waals surface area contributed by atoms with E-state index in [2.05, 4.69) is 17.4 Å². The summed E-state index contributed by atoms with van der Waals surface area (Å²) in [4.78, 5) is 10.3. The molecule has 0 amide bonds. The van der Waals surface area contributed by atoms with Crippen LogP contribution in [-0.4, -0.2) is 29.4 Å². The third kappa shape index (κ3) is 8.14. The number of halogens is 1. The second-order valence-corrected chi connectivity index (χ2v) is 6.01. The van der Waals surface area contributed by atoms with E-state index in [1.54, 1.807) is 0 Å². The van der Waals surface area contributed by atoms with Gasteiger partial charge >= 0.3 is 0 Å². The summed E-state index contributed by atoms with van der Waals surface area (Å²) >= 11 is 7.75. The predicted molar refractivity (Wildman–Crippen MR) is 81.1 cm³/mol. The van der Waals surface area contributed by atoms with Crippen molar-refractivity contribution in [1.82, 2.24) is 5.32 Å². The quantitative estimate of drug-likeness (QED) is 0.833. The Hall–Kier alpha value is -0.710. The lowest BCUT2D eigenvalue weighted by Crippen LogP contribution is -2.21. The second kappa shape index (κ2) is 9.23. The molecule has 0 aromatic heterocycles. The van der Waals surface area contributed by atoms with Gasteiger partial charge in [0.1, 0.15) is 0 Å². The van der Waals surface area contributed by atoms with E-state index in [-0.39, 0.29) is 0 Å². The monoisotopic (exact) mass is 301 g/mol. The van der Waals surface area contributed by atoms with E-state index in [0.717, 1.165) is 18.0 Å². The van der Waals surface area contributed by atoms with Crippen molar-refractivity contribution >= 4 is 29.3 Å². The number of hydrogen-bond donors (Lipinski definition) is 2. The zero-order valence-electron chi connectivity index (χ0n) is 11.1. The highest BCUT2D eigenvalue weighted by Gasteiger charge is 2.12. The topological polar surface area (TPSA) is 49.3 Å². The van der Waals surface area contributed by atoms with Crippen LogP contribution in [0.5, 0.6) is 0 Å². The Morgan fingerprint density at radius 2 is 2.11 bits per heavy atom. The van der Waals surface area contributed by atoms with Gasteiger partial charge in [-0.1, -0.05) is 11.6 Å². The van der Waals surface area contributed by atoms with Gasteiger partial charge in [0.25, 0.3) is 5.97 Å². The van der Waals surface area contributed by atoms with Crippen LogP contribution in [-0.2, 0) is 4.79 Å². The smallest absolute Gasteiger partial charge is 0.300 e. The minimum Gasteiger partial charge on any atom is -0.481 e. The lowest BCUT2D eigenvalue weighted by Gasteiger charge is -2.09. The van der Waals surface area contributed by atoms with E-state index in [1.807, 2.05) is 23.9 Å². The minimum atomic E-state index is -0.833. The average Bonchev–Trinajstić information content (AvgIpc) is 2.84. The van der Waals surface area contributed by atoms with Crippen LogP contribution in [0.1, 0.15) is 26.2 Å². The maximum atomic E-state index is 9.00. The van der Waals surface area contributed by atoms with Crippen molar-refractivity contribution in [2.24, 2.45) is 0 Å². The molecule has 0 radical (unpaired) electrons. The minimum absolute atomic E-state index is 0.754. The van der Waals surface area contributed by atoms with E-state index in [1.165, 1.54) is 36.5 Å². The van der Waals surface area contributed by atoms with Crippen LogP contribution in [0.15, 0.2) is 29.2 Å². The van der Waals surface area contributed by atoms with Crippen LogP contribution in [0.25, 0.3) is 0 Å². The summed E-state index contributed by atoms with van der Waals surface area (Å²) in [6.07, 6.45) is 3.96. The van der Waals surface area contributed by atoms with Gasteiger partial charge in [0.15, 0.2) is 0 Å². The number of benzene rings is 1. The Morgan fingerprint density at radius 1 is 1.47 bits per heavy atom. The van der Waals surface area contributed by atoms with Crippen LogP contribution >= 0.6 is 23.4 Å². The van der Waals surface area contributed by atoms with Crippen molar-refractivity contribution in [3.8, 4) is 0 Å². The third-order valence-corrected chi connectivity index (χ3v) is 4.01. The zero-order chi connectivity index (χ0) is 14.1. The lowest BCUT2D eigenvalue weighted by atomic mass is 10.2. The molecule has 1 heterocycles. The molecule has 0 bridgehead atoms. The molecular formula is C14H20ClNO2S. The summed E-state index contributed by atoms with van der Waals surface area (Å²) in [5, 5.41) is 11.8. The first kappa shape index (κ1) is 16.3. The van der Waals surface area contributed by atoms with Crippen molar-refractivity contribution in [3.63, 3.8) is 0 Å². The molecule has 0 spiro atoms. The molecular weight excluding hydrogens is 282 g/mol. The molecule has 1 aromatic rings. The first-order chi connectivity index (χ1) is 9.08. The van der Waals surface area contributed by atoms with Crippen molar-refractivity contribution in [3.05, 3.63) is 29.3 Å². The van der Waals surface area contributed by atoms with Crippen LogP contribution in [0, 0.1) is 0 Å². The van der Waals surface area contributed by atoms with Gasteiger partial charge in [-0.25, -0.2) is 0 Å². The van der Waals surface area contributed by atoms with Gasteiger partial charge in [-0.15, -0.1) is 11.8 Å². The summed E-state index contributed by atoms with van der Waals surface area (Å²) in [6.45, 7) is 2.29. The number of carboxylic acid groups (broad SMARTS) is 1. The molecule has 1 atom stereocenters. The normalized spacial score (nSPS) is 17.7. The summed E-state index contributed by atoms with van der Waals surface area (Å²) in [7, 11) is 0. The van der Waals surface area contributed by atoms with E-state index >= 15 is 0 Å². The SMILES string of the molecule is CC(=O)O.Clc1ccc(SCCC2CCCN2)cc1. The van der Waals surface area contributed by atoms with Crippen molar-refractivity contribution < 1.29 is 9.90 Å². The van der Waals surface area contributed by atoms with Gasteiger partial charge < -0.3 is 10.4 Å². The molecule has 1 aromatic carbocycles. The van der Waals surface area contributed by atoms with Gasteiger partial charge in [-0.3, -0.25) is 4.79 Å². The van der Waals surface area contributed by atoms with E-state index in [0.29, 0.717) is 0 Å². The van der Waals surface area contributed by atoms with Gasteiger partial charge in [0.05, 0.1) is 0 Å². The summed E-state index contributed by atoms with van der Waals surface area (Å²) in [6, 6.07) is 8.85. The largest absolute Gasteiger partial charge is 0.481 e. The molecule has 1 fully saturated rings. The highest BCUT2D eigenvalue weighted by molar-refractivity contribution is 7.99. The Kier molecular flexibility index (Phi) is 7.94. The molecule has 19 heavy (non-hydrogen) atoms. The number of nitrogens with one attached hydrogen (secondary N) is 1. The highest BCUT2D eigenvalue weighted by atomic mass is 35.5. The third-order valence-electron chi connectivity index (χ3n) is 2.71. The van der Waals surface area contributed by atoms with Crippen molar-refractivity contribution in [1.29, 1.82) is 0 Å². The summed E-state index contributed by atoms with van der Waals surface area (Å²) in [5.41, 5.74) is 0. The Morgan fingerprint density at radius 3 is 2.63 bits per heavy atom. The van der Waals surface area contributed by atoms with Crippen LogP contribution in [0.2, 0.25) is 5.02 Å². The number of aliphatic carboxylic acids is 1. The molecule has 1 unspecified atom stereocenters. The van der Waals surface area contributed by atoms with E-state index in [4.69, 9.17) is 21.5 Å². The first-order valence-corrected chi connectivity index (χ1v) is 7.75. The molecule has 2 N–H and O–H groups in total. The van der Waals surface area contributed by atoms with Gasteiger partial charge in [0, 0.05) is 22.9 Å². The van der Waals surface area contributed by atoms with E-state index in [9.17, 15) is 0 Å². The Labute approximate surface area is 123 Å². The average molecular weight is 302 g/mol. The van der Waals surface area contributed by atoms with Crippen LogP contribution in [0.4, 0.5) is 0 Å². The van der Waals surface area contributed by atoms with Crippen LogP contribution in [0.3, 0.4) is 0 Å². The highest BCUT2D eigenvalue weighted by Crippen LogP contribution is 2.22. The summed E-state index contributed by atoms with van der Waals surface area (Å²) < 4.78 is 0.